The Balaban J connectivity index is 2.82. The molecule has 78 valence electrons. The van der Waals surface area contributed by atoms with Crippen molar-refractivity contribution in [2.24, 2.45) is 5.73 Å². The van der Waals surface area contributed by atoms with Gasteiger partial charge in [0.15, 0.2) is 0 Å². The van der Waals surface area contributed by atoms with E-state index >= 15 is 0 Å². The first-order chi connectivity index (χ1) is 6.52. The summed E-state index contributed by atoms with van der Waals surface area (Å²) >= 11 is 0. The third kappa shape index (κ3) is 2.34. The van der Waals surface area contributed by atoms with Crippen LogP contribution in [0.5, 0.6) is 0 Å². The standard InChI is InChI=1S/C10H17N3O/c1-6(2)10-8(4-5-9(11)14)7(3)12-13-10/h6H,4-5H2,1-3H3,(H2,11,14)(H,12,13). The predicted molar refractivity (Wildman–Crippen MR) is 54.9 cm³/mol. The molecule has 1 aromatic heterocycles. The number of primary amides is 1. The maximum atomic E-state index is 10.7. The lowest BCUT2D eigenvalue weighted by Crippen LogP contribution is -2.12. The number of hydrogen-bond donors (Lipinski definition) is 2. The molecule has 0 unspecified atom stereocenters. The van der Waals surface area contributed by atoms with Gasteiger partial charge in [0.05, 0.1) is 5.69 Å². The molecule has 1 amide bonds. The molecule has 0 atom stereocenters. The van der Waals surface area contributed by atoms with Crippen molar-refractivity contribution in [3.8, 4) is 0 Å². The smallest absolute Gasteiger partial charge is 0.217 e. The SMILES string of the molecule is Cc1[nH]nc(C(C)C)c1CCC(N)=O. The minimum absolute atomic E-state index is 0.264. The summed E-state index contributed by atoms with van der Waals surface area (Å²) in [7, 11) is 0. The molecule has 0 fully saturated rings. The summed E-state index contributed by atoms with van der Waals surface area (Å²) in [6.07, 6.45) is 1.07. The summed E-state index contributed by atoms with van der Waals surface area (Å²) < 4.78 is 0. The van der Waals surface area contributed by atoms with E-state index in [1.807, 2.05) is 6.92 Å². The summed E-state index contributed by atoms with van der Waals surface area (Å²) in [5.74, 6) is 0.114. The number of aromatic amines is 1. The van der Waals surface area contributed by atoms with Gasteiger partial charge in [0, 0.05) is 12.1 Å². The highest BCUT2D eigenvalue weighted by molar-refractivity contribution is 5.74. The minimum Gasteiger partial charge on any atom is -0.370 e. The average molecular weight is 195 g/mol. The maximum absolute atomic E-state index is 10.7. The lowest BCUT2D eigenvalue weighted by atomic mass is 10.0. The van der Waals surface area contributed by atoms with Crippen LogP contribution in [0, 0.1) is 6.92 Å². The summed E-state index contributed by atoms with van der Waals surface area (Å²) in [6, 6.07) is 0. The van der Waals surface area contributed by atoms with E-state index in [1.54, 1.807) is 0 Å². The van der Waals surface area contributed by atoms with Gasteiger partial charge < -0.3 is 5.73 Å². The number of hydrogen-bond acceptors (Lipinski definition) is 2. The van der Waals surface area contributed by atoms with Crippen molar-refractivity contribution in [3.63, 3.8) is 0 Å². The van der Waals surface area contributed by atoms with Gasteiger partial charge in [-0.2, -0.15) is 5.10 Å². The van der Waals surface area contributed by atoms with E-state index in [2.05, 4.69) is 24.0 Å². The molecule has 0 aliphatic heterocycles. The first kappa shape index (κ1) is 10.8. The van der Waals surface area contributed by atoms with Gasteiger partial charge in [-0.1, -0.05) is 13.8 Å². The summed E-state index contributed by atoms with van der Waals surface area (Å²) in [4.78, 5) is 10.7. The molecule has 14 heavy (non-hydrogen) atoms. The van der Waals surface area contributed by atoms with Gasteiger partial charge in [-0.3, -0.25) is 9.89 Å². The number of nitrogens with two attached hydrogens (primary N) is 1. The van der Waals surface area contributed by atoms with Crippen molar-refractivity contribution < 1.29 is 4.79 Å². The van der Waals surface area contributed by atoms with Crippen LogP contribution in [0.2, 0.25) is 0 Å². The van der Waals surface area contributed by atoms with Gasteiger partial charge >= 0.3 is 0 Å². The maximum Gasteiger partial charge on any atom is 0.217 e. The van der Waals surface area contributed by atoms with Crippen LogP contribution in [-0.2, 0) is 11.2 Å². The molecule has 1 heterocycles. The number of aromatic nitrogens is 2. The quantitative estimate of drug-likeness (QED) is 0.759. The Morgan fingerprint density at radius 1 is 1.57 bits per heavy atom. The summed E-state index contributed by atoms with van der Waals surface area (Å²) in [5, 5.41) is 7.16. The highest BCUT2D eigenvalue weighted by atomic mass is 16.1. The van der Waals surface area contributed by atoms with Crippen LogP contribution in [0.25, 0.3) is 0 Å². The van der Waals surface area contributed by atoms with Crippen LogP contribution in [-0.4, -0.2) is 16.1 Å². The number of carbonyl (C=O) groups is 1. The largest absolute Gasteiger partial charge is 0.370 e. The van der Waals surface area contributed by atoms with Crippen LogP contribution >= 0.6 is 0 Å². The second-order valence-corrected chi connectivity index (χ2v) is 3.83. The van der Waals surface area contributed by atoms with E-state index in [0.29, 0.717) is 18.8 Å². The van der Waals surface area contributed by atoms with E-state index in [-0.39, 0.29) is 5.91 Å². The fourth-order valence-corrected chi connectivity index (χ4v) is 1.51. The van der Waals surface area contributed by atoms with E-state index < -0.39 is 0 Å². The number of nitrogens with one attached hydrogen (secondary N) is 1. The van der Waals surface area contributed by atoms with Gasteiger partial charge in [0.25, 0.3) is 0 Å². The van der Waals surface area contributed by atoms with Crippen LogP contribution < -0.4 is 5.73 Å². The number of aryl methyl sites for hydroxylation is 1. The Hall–Kier alpha value is -1.32. The highest BCUT2D eigenvalue weighted by Crippen LogP contribution is 2.20. The van der Waals surface area contributed by atoms with Crippen molar-refractivity contribution in [2.75, 3.05) is 0 Å². The molecule has 0 aliphatic carbocycles. The Bertz CT molecular complexity index is 328. The van der Waals surface area contributed by atoms with Crippen molar-refractivity contribution in [3.05, 3.63) is 17.0 Å². The normalized spacial score (nSPS) is 10.9. The van der Waals surface area contributed by atoms with Crippen molar-refractivity contribution in [1.29, 1.82) is 0 Å². The summed E-state index contributed by atoms with van der Waals surface area (Å²) in [6.45, 7) is 6.14. The Morgan fingerprint density at radius 2 is 2.21 bits per heavy atom. The second-order valence-electron chi connectivity index (χ2n) is 3.83. The van der Waals surface area contributed by atoms with Crippen LogP contribution in [0.1, 0.15) is 43.1 Å². The first-order valence-electron chi connectivity index (χ1n) is 4.84. The molecule has 0 bridgehead atoms. The van der Waals surface area contributed by atoms with E-state index in [4.69, 9.17) is 5.73 Å². The van der Waals surface area contributed by atoms with Gasteiger partial charge in [0.2, 0.25) is 5.91 Å². The lowest BCUT2D eigenvalue weighted by Gasteiger charge is -2.04. The van der Waals surface area contributed by atoms with Crippen LogP contribution in [0.4, 0.5) is 0 Å². The number of H-pyrrole nitrogens is 1. The molecular weight excluding hydrogens is 178 g/mol. The van der Waals surface area contributed by atoms with E-state index in [9.17, 15) is 4.79 Å². The molecule has 0 spiro atoms. The van der Waals surface area contributed by atoms with Gasteiger partial charge in [-0.25, -0.2) is 0 Å². The second kappa shape index (κ2) is 4.26. The topological polar surface area (TPSA) is 71.8 Å². The van der Waals surface area contributed by atoms with Gasteiger partial charge in [0.1, 0.15) is 0 Å². The zero-order chi connectivity index (χ0) is 10.7. The Kier molecular flexibility index (Phi) is 3.28. The molecule has 4 heteroatoms. The molecule has 0 aliphatic rings. The van der Waals surface area contributed by atoms with Crippen molar-refractivity contribution in [1.82, 2.24) is 10.2 Å². The fraction of sp³-hybridized carbons (Fsp3) is 0.600. The van der Waals surface area contributed by atoms with Crippen molar-refractivity contribution in [2.45, 2.75) is 39.5 Å². The zero-order valence-electron chi connectivity index (χ0n) is 8.92. The molecule has 4 nitrogen and oxygen atoms in total. The van der Waals surface area contributed by atoms with E-state index in [1.165, 1.54) is 0 Å². The predicted octanol–water partition coefficient (Wildman–Crippen LogP) is 1.26. The molecule has 3 N–H and O–H groups in total. The molecule has 0 radical (unpaired) electrons. The van der Waals surface area contributed by atoms with Gasteiger partial charge in [-0.15, -0.1) is 0 Å². The van der Waals surface area contributed by atoms with Gasteiger partial charge in [-0.05, 0) is 24.8 Å². The third-order valence-corrected chi connectivity index (χ3v) is 2.27. The summed E-state index contributed by atoms with van der Waals surface area (Å²) in [5.41, 5.74) is 8.34. The number of amides is 1. The molecule has 1 rings (SSSR count). The monoisotopic (exact) mass is 195 g/mol. The first-order valence-corrected chi connectivity index (χ1v) is 4.84. The molecule has 0 aromatic carbocycles. The number of nitrogens with zero attached hydrogens (tertiary/aromatic N) is 1. The minimum atomic E-state index is -0.264. The Morgan fingerprint density at radius 3 is 2.71 bits per heavy atom. The fourth-order valence-electron chi connectivity index (χ4n) is 1.51. The molecular formula is C10H17N3O. The Labute approximate surface area is 83.9 Å². The lowest BCUT2D eigenvalue weighted by molar-refractivity contribution is -0.117. The zero-order valence-corrected chi connectivity index (χ0v) is 8.92. The average Bonchev–Trinajstić information content (AvgIpc) is 2.43. The highest BCUT2D eigenvalue weighted by Gasteiger charge is 2.13. The third-order valence-electron chi connectivity index (χ3n) is 2.27. The number of rotatable bonds is 4. The molecule has 0 saturated carbocycles. The molecule has 1 aromatic rings. The van der Waals surface area contributed by atoms with Crippen LogP contribution in [0.3, 0.4) is 0 Å². The number of carbonyl (C=O) groups excluding carboxylic acids is 1. The molecule has 0 saturated heterocycles. The van der Waals surface area contributed by atoms with Crippen LogP contribution in [0.15, 0.2) is 0 Å². The van der Waals surface area contributed by atoms with E-state index in [0.717, 1.165) is 17.0 Å². The van der Waals surface area contributed by atoms with Crippen molar-refractivity contribution >= 4 is 5.91 Å².